The van der Waals surface area contributed by atoms with Crippen LogP contribution in [-0.4, -0.2) is 49.1 Å². The van der Waals surface area contributed by atoms with Crippen molar-refractivity contribution >= 4 is 16.0 Å². The van der Waals surface area contributed by atoms with Crippen LogP contribution in [0.25, 0.3) is 0 Å². The Morgan fingerprint density at radius 2 is 1.94 bits per heavy atom. The lowest BCUT2D eigenvalue weighted by atomic mass is 9.85. The molecule has 3 N–H and O–H groups in total. The fraction of sp³-hybridized carbons (Fsp3) is 0.458. The number of hydrogen-bond acceptors (Lipinski definition) is 5. The first-order valence-electron chi connectivity index (χ1n) is 11.0. The maximum atomic E-state index is 12.6. The molecule has 7 nitrogen and oxygen atoms in total. The molecular formula is C24H29NO6S. The number of nitrogens with one attached hydrogen (secondary N) is 1. The van der Waals surface area contributed by atoms with E-state index in [0.717, 1.165) is 11.1 Å². The van der Waals surface area contributed by atoms with Gasteiger partial charge < -0.3 is 14.9 Å². The standard InChI is InChI=1S/C24H29NO6S/c1-2-16(24(27)28)17-9-6-10-18-22-19(20(26)13-21(22)31-23(17)18)14-25-32(29,30)12-11-15-7-4-3-5-8-15/h3-10,16,19-22,25-26H,2,11-14H2,1H3,(H,27,28). The lowest BCUT2D eigenvalue weighted by molar-refractivity contribution is -0.138. The molecule has 1 fully saturated rings. The molecule has 0 bridgehead atoms. The van der Waals surface area contributed by atoms with Gasteiger partial charge >= 0.3 is 5.97 Å². The lowest BCUT2D eigenvalue weighted by Crippen LogP contribution is -2.36. The molecule has 4 rings (SSSR count). The van der Waals surface area contributed by atoms with Gasteiger partial charge in [0.1, 0.15) is 11.9 Å². The Bertz CT molecular complexity index is 1070. The van der Waals surface area contributed by atoms with Gasteiger partial charge in [0.2, 0.25) is 10.0 Å². The van der Waals surface area contributed by atoms with Crippen molar-refractivity contribution in [2.24, 2.45) is 5.92 Å². The van der Waals surface area contributed by atoms with Crippen LogP contribution in [0.5, 0.6) is 5.75 Å². The average Bonchev–Trinajstić information content (AvgIpc) is 3.27. The Morgan fingerprint density at radius 1 is 1.19 bits per heavy atom. The molecule has 1 heterocycles. The summed E-state index contributed by atoms with van der Waals surface area (Å²) in [4.78, 5) is 11.7. The number of fused-ring (bicyclic) bond motifs is 3. The maximum Gasteiger partial charge on any atom is 0.311 e. The van der Waals surface area contributed by atoms with Crippen molar-refractivity contribution < 1.29 is 28.2 Å². The Balaban J connectivity index is 1.49. The molecule has 172 valence electrons. The fourth-order valence-corrected chi connectivity index (χ4v) is 6.10. The van der Waals surface area contributed by atoms with E-state index >= 15 is 0 Å². The van der Waals surface area contributed by atoms with E-state index in [9.17, 15) is 23.4 Å². The van der Waals surface area contributed by atoms with Crippen molar-refractivity contribution in [2.75, 3.05) is 12.3 Å². The van der Waals surface area contributed by atoms with Gasteiger partial charge in [0.05, 0.1) is 17.8 Å². The molecule has 2 aromatic carbocycles. The smallest absolute Gasteiger partial charge is 0.311 e. The van der Waals surface area contributed by atoms with E-state index < -0.39 is 28.0 Å². The van der Waals surface area contributed by atoms with E-state index in [1.165, 1.54) is 0 Å². The molecule has 0 spiro atoms. The van der Waals surface area contributed by atoms with E-state index in [2.05, 4.69) is 4.72 Å². The van der Waals surface area contributed by atoms with Gasteiger partial charge in [-0.15, -0.1) is 0 Å². The normalized spacial score (nSPS) is 25.1. The molecule has 1 aliphatic carbocycles. The average molecular weight is 460 g/mol. The number of carboxylic acids is 1. The molecule has 0 saturated heterocycles. The third-order valence-corrected chi connectivity index (χ3v) is 8.01. The summed E-state index contributed by atoms with van der Waals surface area (Å²) in [6, 6.07) is 14.9. The zero-order chi connectivity index (χ0) is 22.9. The number of para-hydroxylation sites is 1. The van der Waals surface area contributed by atoms with Crippen molar-refractivity contribution in [1.82, 2.24) is 4.72 Å². The molecule has 2 aromatic rings. The minimum atomic E-state index is -3.51. The predicted molar refractivity (Wildman–Crippen MR) is 120 cm³/mol. The number of carbonyl (C=O) groups is 1. The van der Waals surface area contributed by atoms with Gasteiger partial charge in [0.15, 0.2) is 0 Å². The Morgan fingerprint density at radius 3 is 2.62 bits per heavy atom. The SMILES string of the molecule is CCC(C(=O)O)c1cccc2c1OC1CC(O)C(CNS(=O)(=O)CCc3ccccc3)C21. The summed E-state index contributed by atoms with van der Waals surface area (Å²) in [5.41, 5.74) is 2.45. The lowest BCUT2D eigenvalue weighted by Gasteiger charge is -2.22. The molecule has 8 heteroatoms. The molecule has 2 aliphatic rings. The summed E-state index contributed by atoms with van der Waals surface area (Å²) < 4.78 is 34.0. The highest BCUT2D eigenvalue weighted by molar-refractivity contribution is 7.89. The van der Waals surface area contributed by atoms with Gasteiger partial charge in [-0.05, 0) is 18.4 Å². The van der Waals surface area contributed by atoms with Gasteiger partial charge in [0.25, 0.3) is 0 Å². The van der Waals surface area contributed by atoms with Gasteiger partial charge in [-0.2, -0.15) is 0 Å². The third-order valence-electron chi connectivity index (χ3n) is 6.66. The highest BCUT2D eigenvalue weighted by Gasteiger charge is 2.50. The molecule has 1 aliphatic heterocycles. The number of aliphatic carboxylic acids is 1. The highest BCUT2D eigenvalue weighted by Crippen LogP contribution is 2.52. The Labute approximate surface area is 188 Å². The van der Waals surface area contributed by atoms with E-state index in [-0.39, 0.29) is 30.2 Å². The second-order valence-corrected chi connectivity index (χ2v) is 10.5. The van der Waals surface area contributed by atoms with Crippen molar-refractivity contribution in [3.05, 3.63) is 65.2 Å². The molecule has 0 radical (unpaired) electrons. The summed E-state index contributed by atoms with van der Waals surface area (Å²) >= 11 is 0. The first kappa shape index (κ1) is 22.8. The van der Waals surface area contributed by atoms with Crippen LogP contribution >= 0.6 is 0 Å². The highest BCUT2D eigenvalue weighted by atomic mass is 32.2. The summed E-state index contributed by atoms with van der Waals surface area (Å²) in [7, 11) is -3.51. The van der Waals surface area contributed by atoms with Gasteiger partial charge in [-0.3, -0.25) is 4.79 Å². The summed E-state index contributed by atoms with van der Waals surface area (Å²) in [5, 5.41) is 20.2. The molecule has 5 unspecified atom stereocenters. The minimum Gasteiger partial charge on any atom is -0.489 e. The van der Waals surface area contributed by atoms with Crippen LogP contribution in [0.2, 0.25) is 0 Å². The van der Waals surface area contributed by atoms with E-state index in [1.54, 1.807) is 6.07 Å². The van der Waals surface area contributed by atoms with Crippen molar-refractivity contribution in [2.45, 2.75) is 50.2 Å². The van der Waals surface area contributed by atoms with Gasteiger partial charge in [-0.25, -0.2) is 13.1 Å². The van der Waals surface area contributed by atoms with Crippen LogP contribution in [0.1, 0.15) is 48.3 Å². The Hall–Kier alpha value is -2.42. The second-order valence-electron chi connectivity index (χ2n) is 8.62. The first-order chi connectivity index (χ1) is 15.3. The predicted octanol–water partition coefficient (Wildman–Crippen LogP) is 2.65. The van der Waals surface area contributed by atoms with Gasteiger partial charge in [-0.1, -0.05) is 55.5 Å². The minimum absolute atomic E-state index is 0.0258. The van der Waals surface area contributed by atoms with Crippen LogP contribution in [0.15, 0.2) is 48.5 Å². The maximum absolute atomic E-state index is 12.6. The largest absolute Gasteiger partial charge is 0.489 e. The third kappa shape index (κ3) is 4.53. The summed E-state index contributed by atoms with van der Waals surface area (Å²) in [6.45, 7) is 1.94. The zero-order valence-electron chi connectivity index (χ0n) is 18.0. The van der Waals surface area contributed by atoms with E-state index in [4.69, 9.17) is 4.74 Å². The van der Waals surface area contributed by atoms with Crippen molar-refractivity contribution in [1.29, 1.82) is 0 Å². The number of hydrogen-bond donors (Lipinski definition) is 3. The molecular weight excluding hydrogens is 430 g/mol. The number of aryl methyl sites for hydroxylation is 1. The summed E-state index contributed by atoms with van der Waals surface area (Å²) in [6.07, 6.45) is 0.265. The zero-order valence-corrected chi connectivity index (χ0v) is 18.8. The summed E-state index contributed by atoms with van der Waals surface area (Å²) in [5.74, 6) is -1.52. The molecule has 1 saturated carbocycles. The van der Waals surface area contributed by atoms with E-state index in [0.29, 0.717) is 30.6 Å². The molecule has 5 atom stereocenters. The quantitative estimate of drug-likeness (QED) is 0.531. The van der Waals surface area contributed by atoms with Crippen LogP contribution < -0.4 is 9.46 Å². The van der Waals surface area contributed by atoms with E-state index in [1.807, 2.05) is 49.4 Å². The molecule has 0 amide bonds. The second kappa shape index (κ2) is 9.21. The molecule has 0 aromatic heterocycles. The first-order valence-corrected chi connectivity index (χ1v) is 12.7. The topological polar surface area (TPSA) is 113 Å². The van der Waals surface area contributed by atoms with Crippen LogP contribution in [0.3, 0.4) is 0 Å². The number of aliphatic hydroxyl groups excluding tert-OH is 1. The number of benzene rings is 2. The number of carboxylic acid groups (broad SMARTS) is 1. The number of sulfonamides is 1. The number of rotatable bonds is 9. The van der Waals surface area contributed by atoms with Crippen LogP contribution in [0, 0.1) is 5.92 Å². The Kier molecular flexibility index (Phi) is 6.55. The number of ether oxygens (including phenoxy) is 1. The molecule has 32 heavy (non-hydrogen) atoms. The van der Waals surface area contributed by atoms with Gasteiger partial charge in [0, 0.05) is 35.9 Å². The van der Waals surface area contributed by atoms with Crippen LogP contribution in [0.4, 0.5) is 0 Å². The van der Waals surface area contributed by atoms with Crippen LogP contribution in [-0.2, 0) is 21.2 Å². The monoisotopic (exact) mass is 459 g/mol. The van der Waals surface area contributed by atoms with Crippen molar-refractivity contribution in [3.8, 4) is 5.75 Å². The number of aliphatic hydroxyl groups is 1. The van der Waals surface area contributed by atoms with Crippen molar-refractivity contribution in [3.63, 3.8) is 0 Å². The fourth-order valence-electron chi connectivity index (χ4n) is 5.01.